The predicted octanol–water partition coefficient (Wildman–Crippen LogP) is 2.68. The zero-order valence-electron chi connectivity index (χ0n) is 15.0. The molecule has 1 aliphatic rings. The second kappa shape index (κ2) is 7.15. The van der Waals surface area contributed by atoms with Crippen molar-refractivity contribution in [1.29, 1.82) is 0 Å². The molecular weight excluding hydrogens is 326 g/mol. The maximum absolute atomic E-state index is 12.8. The molecule has 3 aromatic heterocycles. The van der Waals surface area contributed by atoms with Crippen molar-refractivity contribution in [2.75, 3.05) is 13.1 Å². The molecule has 1 fully saturated rings. The number of carbonyl (C=O) groups excluding carboxylic acids is 1. The third-order valence-electron chi connectivity index (χ3n) is 5.04. The minimum absolute atomic E-state index is 0.102. The Labute approximate surface area is 153 Å². The zero-order chi connectivity index (χ0) is 17.9. The number of amides is 1. The third-order valence-corrected chi connectivity index (χ3v) is 5.04. The number of piperidine rings is 1. The highest BCUT2D eigenvalue weighted by Gasteiger charge is 2.28. The van der Waals surface area contributed by atoms with Crippen molar-refractivity contribution >= 4 is 5.91 Å². The summed E-state index contributed by atoms with van der Waals surface area (Å²) >= 11 is 0. The van der Waals surface area contributed by atoms with E-state index in [2.05, 4.69) is 14.5 Å². The number of hydrogen-bond donors (Lipinski definition) is 0. The molecule has 6 nitrogen and oxygen atoms in total. The minimum atomic E-state index is 0.102. The van der Waals surface area contributed by atoms with Crippen LogP contribution in [-0.2, 0) is 13.6 Å². The molecule has 0 spiro atoms. The van der Waals surface area contributed by atoms with Gasteiger partial charge >= 0.3 is 0 Å². The van der Waals surface area contributed by atoms with Crippen LogP contribution in [-0.4, -0.2) is 43.0 Å². The molecule has 0 saturated carbocycles. The first-order chi connectivity index (χ1) is 12.7. The summed E-state index contributed by atoms with van der Waals surface area (Å²) in [6.07, 6.45) is 9.62. The van der Waals surface area contributed by atoms with Crippen LogP contribution in [0.15, 0.2) is 55.1 Å². The van der Waals surface area contributed by atoms with Crippen molar-refractivity contribution in [2.45, 2.75) is 25.3 Å². The summed E-state index contributed by atoms with van der Waals surface area (Å²) < 4.78 is 4.04. The minimum Gasteiger partial charge on any atom is -0.347 e. The normalized spacial score (nSPS) is 17.4. The van der Waals surface area contributed by atoms with Crippen molar-refractivity contribution in [3.63, 3.8) is 0 Å². The summed E-state index contributed by atoms with van der Waals surface area (Å²) in [5.74, 6) is 1.40. The van der Waals surface area contributed by atoms with Gasteiger partial charge in [-0.1, -0.05) is 6.07 Å². The lowest BCUT2D eigenvalue weighted by molar-refractivity contribution is 0.0693. The van der Waals surface area contributed by atoms with Gasteiger partial charge in [0.05, 0.1) is 12.2 Å². The number of nitrogens with zero attached hydrogens (tertiary/aromatic N) is 5. The van der Waals surface area contributed by atoms with E-state index in [-0.39, 0.29) is 11.8 Å². The SMILES string of the molecule is Cn1cccc1C(=O)N1CCCC(c2nccn2Cc2ccccn2)C1. The number of aromatic nitrogens is 4. The monoisotopic (exact) mass is 349 g/mol. The molecule has 6 heteroatoms. The van der Waals surface area contributed by atoms with Crippen LogP contribution in [0.4, 0.5) is 0 Å². The van der Waals surface area contributed by atoms with Gasteiger partial charge in [-0.25, -0.2) is 4.98 Å². The van der Waals surface area contributed by atoms with Gasteiger partial charge in [-0.15, -0.1) is 0 Å². The highest BCUT2D eigenvalue weighted by Crippen LogP contribution is 2.27. The Balaban J connectivity index is 1.51. The first kappa shape index (κ1) is 16.6. The first-order valence-electron chi connectivity index (χ1n) is 9.04. The summed E-state index contributed by atoms with van der Waals surface area (Å²) in [5.41, 5.74) is 1.75. The molecule has 1 saturated heterocycles. The number of pyridine rings is 1. The van der Waals surface area contributed by atoms with Crippen LogP contribution in [0.2, 0.25) is 0 Å². The van der Waals surface area contributed by atoms with E-state index in [1.54, 1.807) is 0 Å². The average molecular weight is 349 g/mol. The van der Waals surface area contributed by atoms with Crippen LogP contribution in [0.25, 0.3) is 0 Å². The van der Waals surface area contributed by atoms with Crippen molar-refractivity contribution in [2.24, 2.45) is 7.05 Å². The third kappa shape index (κ3) is 3.27. The highest BCUT2D eigenvalue weighted by molar-refractivity contribution is 5.92. The summed E-state index contributed by atoms with van der Waals surface area (Å²) in [6.45, 7) is 2.23. The van der Waals surface area contributed by atoms with E-state index in [0.29, 0.717) is 13.1 Å². The van der Waals surface area contributed by atoms with Gasteiger partial charge < -0.3 is 14.0 Å². The zero-order valence-corrected chi connectivity index (χ0v) is 15.0. The summed E-state index contributed by atoms with van der Waals surface area (Å²) in [7, 11) is 1.91. The molecular formula is C20H23N5O. The number of carbonyl (C=O) groups is 1. The number of aryl methyl sites for hydroxylation is 1. The van der Waals surface area contributed by atoms with Gasteiger partial charge in [-0.3, -0.25) is 9.78 Å². The molecule has 0 radical (unpaired) electrons. The fourth-order valence-electron chi connectivity index (χ4n) is 3.70. The van der Waals surface area contributed by atoms with E-state index in [0.717, 1.165) is 36.6 Å². The Bertz CT molecular complexity index is 883. The molecule has 1 aliphatic heterocycles. The lowest BCUT2D eigenvalue weighted by Gasteiger charge is -2.32. The molecule has 134 valence electrons. The van der Waals surface area contributed by atoms with E-state index in [1.807, 2.05) is 71.6 Å². The van der Waals surface area contributed by atoms with Crippen molar-refractivity contribution in [3.8, 4) is 0 Å². The lowest BCUT2D eigenvalue weighted by Crippen LogP contribution is -2.40. The van der Waals surface area contributed by atoms with Gasteiger partial charge in [0, 0.05) is 50.8 Å². The summed E-state index contributed by atoms with van der Waals surface area (Å²) in [5, 5.41) is 0. The Hall–Kier alpha value is -2.89. The fraction of sp³-hybridized carbons (Fsp3) is 0.350. The van der Waals surface area contributed by atoms with E-state index in [1.165, 1.54) is 0 Å². The second-order valence-electron chi connectivity index (χ2n) is 6.83. The van der Waals surface area contributed by atoms with Gasteiger partial charge in [-0.05, 0) is 37.1 Å². The fourth-order valence-corrected chi connectivity index (χ4v) is 3.70. The molecule has 1 amide bonds. The number of imidazole rings is 1. The Morgan fingerprint density at radius 2 is 2.08 bits per heavy atom. The highest BCUT2D eigenvalue weighted by atomic mass is 16.2. The van der Waals surface area contributed by atoms with Gasteiger partial charge in [0.1, 0.15) is 11.5 Å². The van der Waals surface area contributed by atoms with Gasteiger partial charge in [0.2, 0.25) is 0 Å². The van der Waals surface area contributed by atoms with E-state index in [4.69, 9.17) is 0 Å². The maximum Gasteiger partial charge on any atom is 0.270 e. The molecule has 26 heavy (non-hydrogen) atoms. The standard InChI is InChI=1S/C20H23N5O/c1-23-11-5-8-18(23)20(26)25-12-4-6-16(14-25)19-22-10-13-24(19)15-17-7-2-3-9-21-17/h2-3,5,7-11,13,16H,4,6,12,14-15H2,1H3. The number of hydrogen-bond acceptors (Lipinski definition) is 3. The Kier molecular flexibility index (Phi) is 4.56. The quantitative estimate of drug-likeness (QED) is 0.728. The Morgan fingerprint density at radius 3 is 2.85 bits per heavy atom. The molecule has 1 unspecified atom stereocenters. The summed E-state index contributed by atoms with van der Waals surface area (Å²) in [6, 6.07) is 9.74. The molecule has 0 bridgehead atoms. The number of rotatable bonds is 4. The van der Waals surface area contributed by atoms with E-state index < -0.39 is 0 Å². The van der Waals surface area contributed by atoms with Crippen LogP contribution < -0.4 is 0 Å². The van der Waals surface area contributed by atoms with Gasteiger partial charge in [0.25, 0.3) is 5.91 Å². The van der Waals surface area contributed by atoms with Crippen LogP contribution in [0.3, 0.4) is 0 Å². The van der Waals surface area contributed by atoms with Crippen molar-refractivity contribution in [1.82, 2.24) is 24.0 Å². The largest absolute Gasteiger partial charge is 0.347 e. The average Bonchev–Trinajstić information content (AvgIpc) is 3.31. The number of likely N-dealkylation sites (tertiary alicyclic amines) is 1. The summed E-state index contributed by atoms with van der Waals surface area (Å²) in [4.78, 5) is 23.8. The van der Waals surface area contributed by atoms with Crippen molar-refractivity contribution < 1.29 is 4.79 Å². The molecule has 0 aromatic carbocycles. The molecule has 1 atom stereocenters. The van der Waals surface area contributed by atoms with Crippen LogP contribution in [0.1, 0.15) is 40.8 Å². The van der Waals surface area contributed by atoms with Crippen LogP contribution in [0.5, 0.6) is 0 Å². The van der Waals surface area contributed by atoms with Gasteiger partial charge in [-0.2, -0.15) is 0 Å². The maximum atomic E-state index is 12.8. The van der Waals surface area contributed by atoms with Crippen LogP contribution in [0, 0.1) is 0 Å². The lowest BCUT2D eigenvalue weighted by atomic mass is 9.96. The second-order valence-corrected chi connectivity index (χ2v) is 6.83. The van der Waals surface area contributed by atoms with E-state index in [9.17, 15) is 4.79 Å². The molecule has 4 heterocycles. The predicted molar refractivity (Wildman–Crippen MR) is 98.9 cm³/mol. The molecule has 3 aromatic rings. The van der Waals surface area contributed by atoms with Crippen molar-refractivity contribution in [3.05, 3.63) is 72.3 Å². The van der Waals surface area contributed by atoms with Gasteiger partial charge in [0.15, 0.2) is 0 Å². The molecule has 4 rings (SSSR count). The Morgan fingerprint density at radius 1 is 1.15 bits per heavy atom. The van der Waals surface area contributed by atoms with E-state index >= 15 is 0 Å². The van der Waals surface area contributed by atoms with Crippen LogP contribution >= 0.6 is 0 Å². The smallest absolute Gasteiger partial charge is 0.270 e. The molecule has 0 N–H and O–H groups in total. The molecule has 0 aliphatic carbocycles. The topological polar surface area (TPSA) is 56.0 Å². The first-order valence-corrected chi connectivity index (χ1v) is 9.04.